The van der Waals surface area contributed by atoms with E-state index in [1.54, 1.807) is 0 Å². The molecule has 0 amide bonds. The van der Waals surface area contributed by atoms with Gasteiger partial charge in [-0.25, -0.2) is 0 Å². The van der Waals surface area contributed by atoms with Gasteiger partial charge in [-0.3, -0.25) is 0 Å². The van der Waals surface area contributed by atoms with Crippen LogP contribution in [0.5, 0.6) is 0 Å². The van der Waals surface area contributed by atoms with E-state index in [-0.39, 0.29) is 23.0 Å². The number of aliphatic hydroxyl groups is 2. The molecule has 70 valence electrons. The van der Waals surface area contributed by atoms with E-state index < -0.39 is 0 Å². The smallest absolute Gasteiger partial charge is 0.0662 e. The van der Waals surface area contributed by atoms with Gasteiger partial charge >= 0.3 is 0 Å². The summed E-state index contributed by atoms with van der Waals surface area (Å²) in [6.07, 6.45) is 1.32. The Morgan fingerprint density at radius 3 is 2.25 bits per heavy atom. The molecule has 0 bridgehead atoms. The van der Waals surface area contributed by atoms with Crippen LogP contribution in [-0.4, -0.2) is 22.4 Å². The SMILES string of the molecule is CC1(C)CC[C@H](O)[C@]2(C)C1[C@@H]2O. The Balaban J connectivity index is 2.26. The van der Waals surface area contributed by atoms with Crippen molar-refractivity contribution in [3.8, 4) is 0 Å². The molecular formula is C10H18O2. The van der Waals surface area contributed by atoms with Crippen LogP contribution in [0.1, 0.15) is 33.6 Å². The zero-order valence-corrected chi connectivity index (χ0v) is 8.04. The Labute approximate surface area is 73.6 Å². The molecule has 0 saturated heterocycles. The van der Waals surface area contributed by atoms with Gasteiger partial charge < -0.3 is 10.2 Å². The molecule has 2 N–H and O–H groups in total. The highest BCUT2D eigenvalue weighted by Crippen LogP contribution is 2.67. The summed E-state index contributed by atoms with van der Waals surface area (Å²) in [6.45, 7) is 6.39. The molecule has 0 aromatic carbocycles. The van der Waals surface area contributed by atoms with Crippen LogP contribution in [0.15, 0.2) is 0 Å². The Morgan fingerprint density at radius 1 is 1.17 bits per heavy atom. The third kappa shape index (κ3) is 0.775. The summed E-state index contributed by atoms with van der Waals surface area (Å²) in [4.78, 5) is 0. The Bertz CT molecular complexity index is 212. The van der Waals surface area contributed by atoms with Gasteiger partial charge in [0.2, 0.25) is 0 Å². The summed E-state index contributed by atoms with van der Waals surface area (Å²) in [6, 6.07) is 0. The first-order valence-corrected chi connectivity index (χ1v) is 4.77. The second-order valence-corrected chi connectivity index (χ2v) is 5.33. The Hall–Kier alpha value is -0.0800. The summed E-state index contributed by atoms with van der Waals surface area (Å²) in [5.74, 6) is 0.314. The molecule has 2 aliphatic rings. The molecule has 2 nitrogen and oxygen atoms in total. The second kappa shape index (κ2) is 2.05. The molecule has 1 unspecified atom stereocenters. The zero-order valence-electron chi connectivity index (χ0n) is 8.04. The van der Waals surface area contributed by atoms with E-state index in [1.807, 2.05) is 6.92 Å². The maximum Gasteiger partial charge on any atom is 0.0662 e. The first-order chi connectivity index (χ1) is 5.40. The maximum atomic E-state index is 9.73. The van der Waals surface area contributed by atoms with Crippen molar-refractivity contribution < 1.29 is 10.2 Å². The van der Waals surface area contributed by atoms with Gasteiger partial charge in [0.15, 0.2) is 0 Å². The molecule has 0 heterocycles. The van der Waals surface area contributed by atoms with E-state index in [9.17, 15) is 10.2 Å². The second-order valence-electron chi connectivity index (χ2n) is 5.33. The third-order valence-corrected chi connectivity index (χ3v) is 4.14. The van der Waals surface area contributed by atoms with Crippen molar-refractivity contribution in [1.29, 1.82) is 0 Å². The van der Waals surface area contributed by atoms with Crippen molar-refractivity contribution in [2.24, 2.45) is 16.7 Å². The van der Waals surface area contributed by atoms with E-state index in [4.69, 9.17) is 0 Å². The minimum atomic E-state index is -0.287. The molecule has 0 radical (unpaired) electrons. The molecule has 2 rings (SSSR count). The van der Waals surface area contributed by atoms with Gasteiger partial charge in [0.25, 0.3) is 0 Å². The number of aliphatic hydroxyl groups excluding tert-OH is 2. The number of hydrogen-bond donors (Lipinski definition) is 2. The van der Waals surface area contributed by atoms with Crippen molar-refractivity contribution in [3.05, 3.63) is 0 Å². The van der Waals surface area contributed by atoms with Crippen molar-refractivity contribution in [1.82, 2.24) is 0 Å². The van der Waals surface area contributed by atoms with Crippen molar-refractivity contribution in [3.63, 3.8) is 0 Å². The fourth-order valence-corrected chi connectivity index (χ4v) is 3.16. The minimum Gasteiger partial charge on any atom is -0.392 e. The molecule has 0 aliphatic heterocycles. The minimum absolute atomic E-state index is 0.193. The van der Waals surface area contributed by atoms with Crippen LogP contribution in [0.25, 0.3) is 0 Å². The maximum absolute atomic E-state index is 9.73. The van der Waals surface area contributed by atoms with Gasteiger partial charge in [-0.05, 0) is 18.3 Å². The lowest BCUT2D eigenvalue weighted by Gasteiger charge is -2.35. The average Bonchev–Trinajstić information content (AvgIpc) is 2.51. The van der Waals surface area contributed by atoms with Gasteiger partial charge in [-0.1, -0.05) is 20.8 Å². The van der Waals surface area contributed by atoms with Gasteiger partial charge in [0.1, 0.15) is 0 Å². The van der Waals surface area contributed by atoms with E-state index in [2.05, 4.69) is 13.8 Å². The van der Waals surface area contributed by atoms with Crippen molar-refractivity contribution >= 4 is 0 Å². The van der Waals surface area contributed by atoms with E-state index >= 15 is 0 Å². The molecule has 2 saturated carbocycles. The molecule has 2 aliphatic carbocycles. The summed E-state index contributed by atoms with van der Waals surface area (Å²) >= 11 is 0. The molecule has 12 heavy (non-hydrogen) atoms. The van der Waals surface area contributed by atoms with Gasteiger partial charge in [0.05, 0.1) is 12.2 Å². The van der Waals surface area contributed by atoms with Crippen molar-refractivity contribution in [2.45, 2.75) is 45.8 Å². The molecule has 0 spiro atoms. The predicted octanol–water partition coefficient (Wildman–Crippen LogP) is 1.16. The number of rotatable bonds is 0. The van der Waals surface area contributed by atoms with E-state index in [0.29, 0.717) is 5.92 Å². The predicted molar refractivity (Wildman–Crippen MR) is 46.6 cm³/mol. The quantitative estimate of drug-likeness (QED) is 0.573. The fourth-order valence-electron chi connectivity index (χ4n) is 3.16. The molecule has 0 aromatic heterocycles. The van der Waals surface area contributed by atoms with Crippen LogP contribution in [0, 0.1) is 16.7 Å². The Morgan fingerprint density at radius 2 is 1.75 bits per heavy atom. The van der Waals surface area contributed by atoms with Crippen LogP contribution in [0.4, 0.5) is 0 Å². The molecule has 0 aromatic rings. The number of fused-ring (bicyclic) bond motifs is 1. The first-order valence-electron chi connectivity index (χ1n) is 4.77. The number of hydrogen-bond acceptors (Lipinski definition) is 2. The summed E-state index contributed by atoms with van der Waals surface area (Å²) in [5.41, 5.74) is 0.0230. The van der Waals surface area contributed by atoms with E-state index in [0.717, 1.165) is 12.8 Å². The first kappa shape index (κ1) is 8.52. The van der Waals surface area contributed by atoms with Crippen LogP contribution in [0.2, 0.25) is 0 Å². The topological polar surface area (TPSA) is 40.5 Å². The van der Waals surface area contributed by atoms with Gasteiger partial charge in [-0.2, -0.15) is 0 Å². The lowest BCUT2D eigenvalue weighted by atomic mass is 9.71. The molecule has 2 heteroatoms. The fraction of sp³-hybridized carbons (Fsp3) is 1.00. The third-order valence-electron chi connectivity index (χ3n) is 4.14. The summed E-state index contributed by atoms with van der Waals surface area (Å²) < 4.78 is 0. The monoisotopic (exact) mass is 170 g/mol. The van der Waals surface area contributed by atoms with Crippen LogP contribution >= 0.6 is 0 Å². The van der Waals surface area contributed by atoms with Crippen LogP contribution in [-0.2, 0) is 0 Å². The average molecular weight is 170 g/mol. The lowest BCUT2D eigenvalue weighted by Crippen LogP contribution is -2.33. The standard InChI is InChI=1S/C10H18O2/c1-9(2)5-4-6(11)10(3)7(9)8(10)12/h6-8,11-12H,4-5H2,1-3H3/t6-,7?,8-,10+/m0/s1. The van der Waals surface area contributed by atoms with Crippen LogP contribution < -0.4 is 0 Å². The molecular weight excluding hydrogens is 152 g/mol. The highest BCUT2D eigenvalue weighted by molar-refractivity contribution is 5.19. The van der Waals surface area contributed by atoms with Gasteiger partial charge in [0, 0.05) is 11.3 Å². The highest BCUT2D eigenvalue weighted by atomic mass is 16.3. The zero-order chi connectivity index (χ0) is 9.15. The molecule has 4 atom stereocenters. The van der Waals surface area contributed by atoms with Gasteiger partial charge in [-0.15, -0.1) is 0 Å². The lowest BCUT2D eigenvalue weighted by molar-refractivity contribution is 0.0170. The Kier molecular flexibility index (Phi) is 1.45. The van der Waals surface area contributed by atoms with Crippen molar-refractivity contribution in [2.75, 3.05) is 0 Å². The van der Waals surface area contributed by atoms with Crippen LogP contribution in [0.3, 0.4) is 0 Å². The normalized spacial score (nSPS) is 56.2. The summed E-state index contributed by atoms with van der Waals surface area (Å²) in [7, 11) is 0. The largest absolute Gasteiger partial charge is 0.392 e. The summed E-state index contributed by atoms with van der Waals surface area (Å²) in [5, 5.41) is 19.5. The van der Waals surface area contributed by atoms with E-state index in [1.165, 1.54) is 0 Å². The highest BCUT2D eigenvalue weighted by Gasteiger charge is 2.71. The molecule has 2 fully saturated rings.